The van der Waals surface area contributed by atoms with Gasteiger partial charge in [-0.2, -0.15) is 0 Å². The monoisotopic (exact) mass is 350 g/mol. The zero-order valence-electron chi connectivity index (χ0n) is 14.3. The summed E-state index contributed by atoms with van der Waals surface area (Å²) in [6.45, 7) is 2.93. The highest BCUT2D eigenvalue weighted by Crippen LogP contribution is 2.14. The Labute approximate surface area is 150 Å². The molecule has 7 heteroatoms. The van der Waals surface area contributed by atoms with Gasteiger partial charge in [0.1, 0.15) is 5.65 Å². The maximum Gasteiger partial charge on any atom is 0.269 e. The second-order valence-electron chi connectivity index (χ2n) is 5.71. The average Bonchev–Trinajstić information content (AvgIpc) is 3.07. The van der Waals surface area contributed by atoms with Crippen LogP contribution in [0.5, 0.6) is 0 Å². The summed E-state index contributed by atoms with van der Waals surface area (Å²) in [5.74, 6) is -0.128. The van der Waals surface area contributed by atoms with E-state index in [1.54, 1.807) is 29.3 Å². The molecule has 2 heterocycles. The van der Waals surface area contributed by atoms with E-state index in [1.165, 1.54) is 18.2 Å². The van der Waals surface area contributed by atoms with Crippen LogP contribution < -0.4 is 0 Å². The number of imidazole rings is 1. The van der Waals surface area contributed by atoms with Crippen molar-refractivity contribution in [2.45, 2.75) is 13.5 Å². The van der Waals surface area contributed by atoms with Gasteiger partial charge in [-0.1, -0.05) is 6.07 Å². The molecule has 0 N–H and O–H groups in total. The number of carbonyl (C=O) groups excluding carboxylic acids is 1. The summed E-state index contributed by atoms with van der Waals surface area (Å²) in [5, 5.41) is 10.7. The minimum Gasteiger partial charge on any atom is -0.334 e. The zero-order valence-corrected chi connectivity index (χ0v) is 14.3. The number of non-ortho nitro benzene ring substituents is 1. The number of fused-ring (bicyclic) bond motifs is 1. The van der Waals surface area contributed by atoms with Crippen LogP contribution in [0.1, 0.15) is 18.2 Å². The third-order valence-corrected chi connectivity index (χ3v) is 4.06. The highest BCUT2D eigenvalue weighted by atomic mass is 16.6. The molecular weight excluding hydrogens is 332 g/mol. The molecule has 0 radical (unpaired) electrons. The second kappa shape index (κ2) is 7.60. The van der Waals surface area contributed by atoms with Gasteiger partial charge in [-0.15, -0.1) is 0 Å². The van der Waals surface area contributed by atoms with Crippen LogP contribution in [0.2, 0.25) is 0 Å². The number of benzene rings is 1. The quantitative estimate of drug-likeness (QED) is 0.388. The highest BCUT2D eigenvalue weighted by molar-refractivity contribution is 5.91. The minimum atomic E-state index is -0.451. The van der Waals surface area contributed by atoms with Crippen molar-refractivity contribution < 1.29 is 9.72 Å². The Morgan fingerprint density at radius 3 is 2.73 bits per heavy atom. The normalized spacial score (nSPS) is 11.1. The summed E-state index contributed by atoms with van der Waals surface area (Å²) in [7, 11) is 0. The Hall–Kier alpha value is -3.48. The molecule has 0 saturated heterocycles. The molecule has 132 valence electrons. The van der Waals surface area contributed by atoms with E-state index in [1.807, 2.05) is 35.7 Å². The van der Waals surface area contributed by atoms with Gasteiger partial charge in [-0.25, -0.2) is 4.98 Å². The third-order valence-electron chi connectivity index (χ3n) is 4.06. The van der Waals surface area contributed by atoms with Gasteiger partial charge < -0.3 is 9.30 Å². The molecule has 3 aromatic rings. The lowest BCUT2D eigenvalue weighted by atomic mass is 10.2. The fourth-order valence-corrected chi connectivity index (χ4v) is 2.62. The van der Waals surface area contributed by atoms with Crippen molar-refractivity contribution in [3.63, 3.8) is 0 Å². The molecule has 0 fully saturated rings. The second-order valence-corrected chi connectivity index (χ2v) is 5.71. The van der Waals surface area contributed by atoms with E-state index >= 15 is 0 Å². The molecule has 0 aliphatic carbocycles. The number of nitrogens with zero attached hydrogens (tertiary/aromatic N) is 4. The number of aromatic nitrogens is 2. The van der Waals surface area contributed by atoms with E-state index in [4.69, 9.17) is 0 Å². The molecule has 7 nitrogen and oxygen atoms in total. The predicted molar refractivity (Wildman–Crippen MR) is 98.4 cm³/mol. The Morgan fingerprint density at radius 1 is 1.27 bits per heavy atom. The van der Waals surface area contributed by atoms with E-state index in [0.717, 1.165) is 16.9 Å². The molecule has 1 aromatic carbocycles. The Balaban J connectivity index is 1.71. The van der Waals surface area contributed by atoms with Gasteiger partial charge in [0.2, 0.25) is 5.91 Å². The van der Waals surface area contributed by atoms with Crippen LogP contribution in [-0.4, -0.2) is 31.7 Å². The fourth-order valence-electron chi connectivity index (χ4n) is 2.62. The summed E-state index contributed by atoms with van der Waals surface area (Å²) in [6, 6.07) is 11.8. The largest absolute Gasteiger partial charge is 0.334 e. The van der Waals surface area contributed by atoms with Crippen LogP contribution in [0.3, 0.4) is 0 Å². The van der Waals surface area contributed by atoms with E-state index < -0.39 is 4.92 Å². The lowest BCUT2D eigenvalue weighted by molar-refractivity contribution is -0.384. The minimum absolute atomic E-state index is 0.0243. The van der Waals surface area contributed by atoms with Crippen molar-refractivity contribution >= 4 is 23.3 Å². The summed E-state index contributed by atoms with van der Waals surface area (Å²) < 4.78 is 1.95. The van der Waals surface area contributed by atoms with Crippen molar-refractivity contribution in [2.75, 3.05) is 6.54 Å². The topological polar surface area (TPSA) is 80.8 Å². The first-order valence-electron chi connectivity index (χ1n) is 8.21. The Kier molecular flexibility index (Phi) is 5.07. The molecule has 0 bridgehead atoms. The number of nitro groups is 1. The van der Waals surface area contributed by atoms with Gasteiger partial charge in [0.25, 0.3) is 5.69 Å². The average molecular weight is 350 g/mol. The molecule has 1 amide bonds. The molecule has 3 rings (SSSR count). The lowest BCUT2D eigenvalue weighted by Gasteiger charge is -2.18. The van der Waals surface area contributed by atoms with Crippen molar-refractivity contribution in [2.24, 2.45) is 0 Å². The van der Waals surface area contributed by atoms with Gasteiger partial charge in [0.15, 0.2) is 0 Å². The van der Waals surface area contributed by atoms with Crippen LogP contribution in [0.4, 0.5) is 5.69 Å². The summed E-state index contributed by atoms with van der Waals surface area (Å²) in [6.07, 6.45) is 6.82. The smallest absolute Gasteiger partial charge is 0.269 e. The molecule has 0 saturated carbocycles. The fraction of sp³-hybridized carbons (Fsp3) is 0.158. The van der Waals surface area contributed by atoms with Gasteiger partial charge in [-0.3, -0.25) is 14.9 Å². The summed E-state index contributed by atoms with van der Waals surface area (Å²) >= 11 is 0. The molecule has 0 aliphatic heterocycles. The van der Waals surface area contributed by atoms with E-state index in [9.17, 15) is 14.9 Å². The standard InChI is InChI=1S/C19H18N4O3/c1-2-21(14-17-13-20-18-5-3-4-12-22(17)18)19(24)11-8-15-6-9-16(10-7-15)23(25)26/h3-13H,2,14H2,1H3/b11-8+. The first-order valence-corrected chi connectivity index (χ1v) is 8.21. The van der Waals surface area contributed by atoms with Crippen molar-refractivity contribution in [1.82, 2.24) is 14.3 Å². The molecule has 0 spiro atoms. The number of hydrogen-bond acceptors (Lipinski definition) is 4. The number of hydrogen-bond donors (Lipinski definition) is 0. The van der Waals surface area contributed by atoms with Crippen LogP contribution in [-0.2, 0) is 11.3 Å². The number of amides is 1. The Morgan fingerprint density at radius 2 is 2.04 bits per heavy atom. The Bertz CT molecular complexity index is 960. The van der Waals surface area contributed by atoms with Gasteiger partial charge in [-0.05, 0) is 42.8 Å². The number of nitro benzene ring substituents is 1. The van der Waals surface area contributed by atoms with Crippen molar-refractivity contribution in [3.05, 3.63) is 82.3 Å². The van der Waals surface area contributed by atoms with Crippen molar-refractivity contribution in [3.8, 4) is 0 Å². The zero-order chi connectivity index (χ0) is 18.5. The number of carbonyl (C=O) groups is 1. The SMILES string of the molecule is CCN(Cc1cnc2ccccn12)C(=O)/C=C/c1ccc([N+](=O)[O-])cc1. The molecular formula is C19H18N4O3. The molecule has 0 aliphatic rings. The predicted octanol–water partition coefficient (Wildman–Crippen LogP) is 3.30. The van der Waals surface area contributed by atoms with Crippen LogP contribution in [0, 0.1) is 10.1 Å². The van der Waals surface area contributed by atoms with Crippen LogP contribution in [0.15, 0.2) is 60.9 Å². The van der Waals surface area contributed by atoms with E-state index in [2.05, 4.69) is 4.98 Å². The summed E-state index contributed by atoms with van der Waals surface area (Å²) in [5.41, 5.74) is 2.53. The van der Waals surface area contributed by atoms with E-state index in [0.29, 0.717) is 13.1 Å². The van der Waals surface area contributed by atoms with Crippen molar-refractivity contribution in [1.29, 1.82) is 0 Å². The molecule has 26 heavy (non-hydrogen) atoms. The van der Waals surface area contributed by atoms with Crippen LogP contribution in [0.25, 0.3) is 11.7 Å². The van der Waals surface area contributed by atoms with E-state index in [-0.39, 0.29) is 11.6 Å². The first-order chi connectivity index (χ1) is 12.6. The van der Waals surface area contributed by atoms with Gasteiger partial charge in [0.05, 0.1) is 23.4 Å². The first kappa shape index (κ1) is 17.3. The maximum atomic E-state index is 12.5. The van der Waals surface area contributed by atoms with Gasteiger partial charge >= 0.3 is 0 Å². The van der Waals surface area contributed by atoms with Gasteiger partial charge in [0, 0.05) is 31.0 Å². The van der Waals surface area contributed by atoms with Crippen LogP contribution >= 0.6 is 0 Å². The molecule has 0 atom stereocenters. The molecule has 0 unspecified atom stereocenters. The number of rotatable bonds is 6. The number of likely N-dealkylation sites (N-methyl/N-ethyl adjacent to an activating group) is 1. The summed E-state index contributed by atoms with van der Waals surface area (Å²) in [4.78, 5) is 28.7. The third kappa shape index (κ3) is 3.77. The highest BCUT2D eigenvalue weighted by Gasteiger charge is 2.12. The molecule has 2 aromatic heterocycles. The number of pyridine rings is 1. The maximum absolute atomic E-state index is 12.5. The lowest BCUT2D eigenvalue weighted by Crippen LogP contribution is -2.29.